The first-order chi connectivity index (χ1) is 13.3. The Labute approximate surface area is 185 Å². The minimum Gasteiger partial charge on any atom is -0.490 e. The molecule has 4 rings (SSSR count). The van der Waals surface area contributed by atoms with Gasteiger partial charge in [-0.15, -0.1) is 24.0 Å². The molecule has 0 spiro atoms. The van der Waals surface area contributed by atoms with Gasteiger partial charge >= 0.3 is 0 Å². The van der Waals surface area contributed by atoms with Crippen molar-refractivity contribution in [3.8, 4) is 11.5 Å². The van der Waals surface area contributed by atoms with E-state index in [0.717, 1.165) is 61.2 Å². The molecule has 7 heteroatoms. The number of hydrogen-bond acceptors (Lipinski definition) is 4. The van der Waals surface area contributed by atoms with Crippen molar-refractivity contribution in [1.82, 2.24) is 10.2 Å². The Morgan fingerprint density at radius 3 is 2.64 bits per heavy atom. The highest BCUT2D eigenvalue weighted by atomic mass is 127. The number of aliphatic imine (C=N–C) groups is 1. The number of rotatable bonds is 8. The van der Waals surface area contributed by atoms with Gasteiger partial charge in [0.1, 0.15) is 0 Å². The van der Waals surface area contributed by atoms with E-state index in [4.69, 9.17) is 14.5 Å². The lowest BCUT2D eigenvalue weighted by atomic mass is 10.3. The van der Waals surface area contributed by atoms with Gasteiger partial charge in [0.25, 0.3) is 0 Å². The molecule has 0 radical (unpaired) electrons. The highest BCUT2D eigenvalue weighted by Crippen LogP contribution is 2.34. The number of guanidine groups is 1. The molecule has 6 nitrogen and oxygen atoms in total. The Hall–Kier alpha value is -1.22. The second kappa shape index (κ2) is 10.5. The maximum Gasteiger partial charge on any atom is 0.195 e. The highest BCUT2D eigenvalue weighted by Gasteiger charge is 2.33. The molecule has 2 N–H and O–H groups in total. The van der Waals surface area contributed by atoms with Crippen molar-refractivity contribution in [1.29, 1.82) is 0 Å². The monoisotopic (exact) mass is 500 g/mol. The zero-order valence-electron chi connectivity index (χ0n) is 16.8. The first-order valence-electron chi connectivity index (χ1n) is 10.5. The number of ether oxygens (including phenoxy) is 2. The summed E-state index contributed by atoms with van der Waals surface area (Å²) in [7, 11) is 0. The molecule has 0 bridgehead atoms. The molecule has 1 heterocycles. The van der Waals surface area contributed by atoms with Crippen LogP contribution in [0.1, 0.15) is 39.0 Å². The van der Waals surface area contributed by atoms with E-state index in [2.05, 4.69) is 22.5 Å². The van der Waals surface area contributed by atoms with Crippen molar-refractivity contribution in [3.05, 3.63) is 18.2 Å². The van der Waals surface area contributed by atoms with Gasteiger partial charge in [-0.3, -0.25) is 9.89 Å². The van der Waals surface area contributed by atoms with Gasteiger partial charge in [-0.1, -0.05) is 0 Å². The summed E-state index contributed by atoms with van der Waals surface area (Å²) >= 11 is 0. The average Bonchev–Trinajstić information content (AvgIpc) is 3.55. The molecule has 2 saturated carbocycles. The van der Waals surface area contributed by atoms with Crippen LogP contribution in [-0.4, -0.2) is 56.3 Å². The molecule has 2 fully saturated rings. The molecule has 0 amide bonds. The number of nitrogens with zero attached hydrogens (tertiary/aromatic N) is 2. The molecule has 0 aromatic heterocycles. The van der Waals surface area contributed by atoms with Gasteiger partial charge < -0.3 is 20.1 Å². The Morgan fingerprint density at radius 2 is 1.93 bits per heavy atom. The Kier molecular flexibility index (Phi) is 8.08. The van der Waals surface area contributed by atoms with Crippen LogP contribution in [0, 0.1) is 5.92 Å². The van der Waals surface area contributed by atoms with Crippen LogP contribution < -0.4 is 20.1 Å². The Morgan fingerprint density at radius 1 is 1.14 bits per heavy atom. The van der Waals surface area contributed by atoms with E-state index in [1.807, 2.05) is 18.2 Å². The van der Waals surface area contributed by atoms with Crippen LogP contribution >= 0.6 is 24.0 Å². The normalized spacial score (nSPS) is 19.0. The van der Waals surface area contributed by atoms with Gasteiger partial charge in [0.15, 0.2) is 17.5 Å². The molecule has 1 aromatic carbocycles. The van der Waals surface area contributed by atoms with E-state index in [0.29, 0.717) is 13.2 Å². The Balaban J connectivity index is 0.00000225. The van der Waals surface area contributed by atoms with Crippen LogP contribution in [-0.2, 0) is 0 Å². The zero-order chi connectivity index (χ0) is 18.5. The molecule has 28 heavy (non-hydrogen) atoms. The lowest BCUT2D eigenvalue weighted by Crippen LogP contribution is -2.34. The highest BCUT2D eigenvalue weighted by molar-refractivity contribution is 14.0. The summed E-state index contributed by atoms with van der Waals surface area (Å²) in [5.41, 5.74) is 0.968. The number of anilines is 1. The molecule has 3 aliphatic rings. The molecule has 0 saturated heterocycles. The minimum absolute atomic E-state index is 0. The third-order valence-electron chi connectivity index (χ3n) is 5.26. The fourth-order valence-electron chi connectivity index (χ4n) is 3.47. The molecule has 1 aromatic rings. The molecule has 1 aliphatic heterocycles. The van der Waals surface area contributed by atoms with Crippen molar-refractivity contribution in [2.24, 2.45) is 10.9 Å². The van der Waals surface area contributed by atoms with Crippen molar-refractivity contribution in [2.45, 2.75) is 45.1 Å². The smallest absolute Gasteiger partial charge is 0.195 e. The van der Waals surface area contributed by atoms with E-state index >= 15 is 0 Å². The number of benzene rings is 1. The Bertz CT molecular complexity index is 662. The van der Waals surface area contributed by atoms with Crippen LogP contribution in [0.15, 0.2) is 23.2 Å². The summed E-state index contributed by atoms with van der Waals surface area (Å²) in [5.74, 6) is 3.40. The first kappa shape index (κ1) is 21.5. The number of fused-ring (bicyclic) bond motifs is 1. The summed E-state index contributed by atoms with van der Waals surface area (Å²) in [5, 5.41) is 6.75. The summed E-state index contributed by atoms with van der Waals surface area (Å²) in [6.07, 6.45) is 6.49. The molecule has 0 unspecified atom stereocenters. The maximum absolute atomic E-state index is 5.79. The lowest BCUT2D eigenvalue weighted by molar-refractivity contribution is 0.260. The quantitative estimate of drug-likeness (QED) is 0.324. The number of hydrogen-bond donors (Lipinski definition) is 2. The van der Waals surface area contributed by atoms with Crippen LogP contribution in [0.3, 0.4) is 0 Å². The van der Waals surface area contributed by atoms with Crippen molar-refractivity contribution in [2.75, 3.05) is 44.7 Å². The molecule has 0 atom stereocenters. The van der Waals surface area contributed by atoms with Crippen LogP contribution in [0.5, 0.6) is 11.5 Å². The topological polar surface area (TPSA) is 58.1 Å². The molecule has 156 valence electrons. The standard InChI is InChI=1S/C21H32N4O2.HI/c1-2-22-21(23-10-11-25(18-7-8-18)15-16-4-5-16)24-17-6-9-19-20(14-17)27-13-3-12-26-19;/h6,9,14,16,18H,2-5,7-8,10-13,15H2,1H3,(H2,22,23,24);1H. The minimum atomic E-state index is 0. The predicted octanol–water partition coefficient (Wildman–Crippen LogP) is 3.72. The fraction of sp³-hybridized carbons (Fsp3) is 0.667. The van der Waals surface area contributed by atoms with Crippen molar-refractivity contribution < 1.29 is 9.47 Å². The van der Waals surface area contributed by atoms with Crippen LogP contribution in [0.4, 0.5) is 5.69 Å². The molecular formula is C21H33IN4O2. The van der Waals surface area contributed by atoms with E-state index in [9.17, 15) is 0 Å². The van der Waals surface area contributed by atoms with E-state index < -0.39 is 0 Å². The van der Waals surface area contributed by atoms with Gasteiger partial charge in [0, 0.05) is 43.9 Å². The number of halogens is 1. The molecular weight excluding hydrogens is 467 g/mol. The summed E-state index contributed by atoms with van der Waals surface area (Å²) < 4.78 is 11.5. The second-order valence-corrected chi connectivity index (χ2v) is 7.77. The van der Waals surface area contributed by atoms with Gasteiger partial charge in [-0.25, -0.2) is 0 Å². The number of nitrogens with one attached hydrogen (secondary N) is 2. The van der Waals surface area contributed by atoms with E-state index in [1.54, 1.807) is 0 Å². The fourth-order valence-corrected chi connectivity index (χ4v) is 3.47. The third-order valence-corrected chi connectivity index (χ3v) is 5.26. The van der Waals surface area contributed by atoms with Crippen molar-refractivity contribution >= 4 is 35.6 Å². The van der Waals surface area contributed by atoms with Crippen molar-refractivity contribution in [3.63, 3.8) is 0 Å². The van der Waals surface area contributed by atoms with Gasteiger partial charge in [-0.2, -0.15) is 0 Å². The SMILES string of the molecule is CCNC(=NCCN(CC1CC1)C1CC1)Nc1ccc2c(c1)OCCCO2.I. The first-order valence-corrected chi connectivity index (χ1v) is 10.5. The summed E-state index contributed by atoms with van der Waals surface area (Å²) in [6.45, 7) is 7.48. The predicted molar refractivity (Wildman–Crippen MR) is 124 cm³/mol. The summed E-state index contributed by atoms with van der Waals surface area (Å²) in [4.78, 5) is 7.45. The van der Waals surface area contributed by atoms with Gasteiger partial charge in [0.2, 0.25) is 0 Å². The van der Waals surface area contributed by atoms with E-state index in [1.165, 1.54) is 32.2 Å². The average molecular weight is 500 g/mol. The zero-order valence-corrected chi connectivity index (χ0v) is 19.1. The van der Waals surface area contributed by atoms with Gasteiger partial charge in [-0.05, 0) is 50.7 Å². The van der Waals surface area contributed by atoms with Crippen LogP contribution in [0.25, 0.3) is 0 Å². The largest absolute Gasteiger partial charge is 0.490 e. The summed E-state index contributed by atoms with van der Waals surface area (Å²) in [6, 6.07) is 6.80. The van der Waals surface area contributed by atoms with E-state index in [-0.39, 0.29) is 24.0 Å². The third kappa shape index (κ3) is 6.40. The second-order valence-electron chi connectivity index (χ2n) is 7.77. The van der Waals surface area contributed by atoms with Gasteiger partial charge in [0.05, 0.1) is 19.8 Å². The lowest BCUT2D eigenvalue weighted by Gasteiger charge is -2.21. The maximum atomic E-state index is 5.79. The van der Waals surface area contributed by atoms with Crippen LogP contribution in [0.2, 0.25) is 0 Å². The molecule has 2 aliphatic carbocycles.